The Morgan fingerprint density at radius 3 is 2.41 bits per heavy atom. The van der Waals surface area contributed by atoms with Gasteiger partial charge in [-0.25, -0.2) is 23.1 Å². The van der Waals surface area contributed by atoms with Crippen LogP contribution in [0.2, 0.25) is 10.0 Å². The Balaban J connectivity index is 1.17. The molecule has 0 radical (unpaired) electrons. The van der Waals surface area contributed by atoms with Gasteiger partial charge in [-0.3, -0.25) is 4.79 Å². The molecule has 0 aliphatic rings. The van der Waals surface area contributed by atoms with Gasteiger partial charge in [0.15, 0.2) is 5.75 Å². The summed E-state index contributed by atoms with van der Waals surface area (Å²) < 4.78 is 12.9. The standard InChI is InChI=1S/C28H22Cl2N4O6S/c1-39-20-9-7-19(8-10-20)34-27(37)33(28(38)41-34)14-17-4-2-16(3-5-17)13-31-26(36)40-15-18-6-11-21-22(29)12-23(30)25(35)24(21)32-18/h2-12,35H,13-15H2,1H3,(H,31,36). The molecule has 1 amide bonds. The molecule has 5 rings (SSSR count). The first-order valence-electron chi connectivity index (χ1n) is 12.2. The topological polar surface area (TPSA) is 125 Å². The maximum Gasteiger partial charge on any atom is 0.407 e. The highest BCUT2D eigenvalue weighted by Gasteiger charge is 2.14. The molecule has 0 spiro atoms. The van der Waals surface area contributed by atoms with Crippen molar-refractivity contribution in [3.63, 3.8) is 0 Å². The Morgan fingerprint density at radius 2 is 1.71 bits per heavy atom. The number of benzene rings is 3. The van der Waals surface area contributed by atoms with Crippen molar-refractivity contribution >= 4 is 51.7 Å². The number of alkyl carbamates (subject to hydrolysis) is 1. The summed E-state index contributed by atoms with van der Waals surface area (Å²) in [5.41, 5.74) is 2.31. The molecule has 2 N–H and O–H groups in total. The number of methoxy groups -OCH3 is 1. The van der Waals surface area contributed by atoms with E-state index in [4.69, 9.17) is 32.7 Å². The van der Waals surface area contributed by atoms with Gasteiger partial charge in [0.05, 0.1) is 35.1 Å². The number of phenolic OH excluding ortho intramolecular Hbond substituents is 1. The molecule has 0 atom stereocenters. The summed E-state index contributed by atoms with van der Waals surface area (Å²) in [7, 11) is 1.55. The van der Waals surface area contributed by atoms with Crippen LogP contribution in [0.3, 0.4) is 0 Å². The van der Waals surface area contributed by atoms with Crippen LogP contribution < -0.4 is 20.6 Å². The largest absolute Gasteiger partial charge is 0.504 e. The van der Waals surface area contributed by atoms with Gasteiger partial charge in [-0.05, 0) is 53.6 Å². The minimum Gasteiger partial charge on any atom is -0.504 e. The highest BCUT2D eigenvalue weighted by molar-refractivity contribution is 7.03. The molecule has 3 aromatic carbocycles. The fraction of sp³-hybridized carbons (Fsp3) is 0.143. The van der Waals surface area contributed by atoms with Crippen LogP contribution in [0.25, 0.3) is 16.6 Å². The van der Waals surface area contributed by atoms with Gasteiger partial charge in [0.25, 0.3) is 0 Å². The average molecular weight is 613 g/mol. The van der Waals surface area contributed by atoms with E-state index in [1.165, 1.54) is 14.6 Å². The van der Waals surface area contributed by atoms with Crippen LogP contribution in [0.1, 0.15) is 16.8 Å². The van der Waals surface area contributed by atoms with Gasteiger partial charge >= 0.3 is 16.7 Å². The predicted octanol–water partition coefficient (Wildman–Crippen LogP) is 5.10. The maximum absolute atomic E-state index is 12.9. The van der Waals surface area contributed by atoms with E-state index in [1.807, 2.05) is 0 Å². The summed E-state index contributed by atoms with van der Waals surface area (Å²) in [6.45, 7) is 0.171. The lowest BCUT2D eigenvalue weighted by Gasteiger charge is -2.09. The molecule has 0 bridgehead atoms. The first-order chi connectivity index (χ1) is 19.7. The molecule has 0 saturated carbocycles. The number of rotatable bonds is 8. The summed E-state index contributed by atoms with van der Waals surface area (Å²) in [4.78, 5) is 41.6. The number of hydrogen-bond acceptors (Lipinski definition) is 8. The molecule has 0 unspecified atom stereocenters. The zero-order chi connectivity index (χ0) is 29.1. The van der Waals surface area contributed by atoms with E-state index in [-0.39, 0.29) is 40.9 Å². The molecule has 5 aromatic rings. The molecule has 0 fully saturated rings. The quantitative estimate of drug-likeness (QED) is 0.249. The van der Waals surface area contributed by atoms with Crippen molar-refractivity contribution in [3.8, 4) is 17.2 Å². The Labute approximate surface area is 247 Å². The number of halogens is 2. The molecule has 0 saturated heterocycles. The van der Waals surface area contributed by atoms with Crippen molar-refractivity contribution in [1.82, 2.24) is 18.8 Å². The number of carbonyl (C=O) groups is 1. The van der Waals surface area contributed by atoms with Crippen molar-refractivity contribution in [1.29, 1.82) is 0 Å². The average Bonchev–Trinajstić information content (AvgIpc) is 3.26. The lowest BCUT2D eigenvalue weighted by atomic mass is 10.1. The predicted molar refractivity (Wildman–Crippen MR) is 157 cm³/mol. The van der Waals surface area contributed by atoms with Gasteiger partial charge in [-0.1, -0.05) is 47.5 Å². The second-order valence-corrected chi connectivity index (χ2v) is 10.6. The van der Waals surface area contributed by atoms with Crippen molar-refractivity contribution < 1.29 is 19.4 Å². The number of hydrogen-bond donors (Lipinski definition) is 2. The zero-order valence-corrected chi connectivity index (χ0v) is 23.8. The van der Waals surface area contributed by atoms with Crippen LogP contribution in [0, 0.1) is 0 Å². The van der Waals surface area contributed by atoms with Crippen LogP contribution in [0.5, 0.6) is 11.5 Å². The summed E-state index contributed by atoms with van der Waals surface area (Å²) >= 11 is 12.9. The van der Waals surface area contributed by atoms with Gasteiger partial charge in [0.2, 0.25) is 0 Å². The molecule has 10 nitrogen and oxygen atoms in total. The molecule has 210 valence electrons. The minimum absolute atomic E-state index is 0.0740. The van der Waals surface area contributed by atoms with Crippen molar-refractivity contribution in [2.45, 2.75) is 19.7 Å². The lowest BCUT2D eigenvalue weighted by Crippen LogP contribution is -2.28. The normalized spacial score (nSPS) is 11.0. The van der Waals surface area contributed by atoms with Crippen LogP contribution in [-0.4, -0.2) is 31.8 Å². The summed E-state index contributed by atoms with van der Waals surface area (Å²) in [5, 5.41) is 13.8. The number of aromatic nitrogens is 3. The molecule has 0 aliphatic carbocycles. The summed E-state index contributed by atoms with van der Waals surface area (Å²) in [6, 6.07) is 18.7. The van der Waals surface area contributed by atoms with Gasteiger partial charge in [-0.2, -0.15) is 0 Å². The van der Waals surface area contributed by atoms with E-state index in [9.17, 15) is 19.5 Å². The summed E-state index contributed by atoms with van der Waals surface area (Å²) in [5.74, 6) is 0.448. The van der Waals surface area contributed by atoms with Crippen molar-refractivity contribution in [2.24, 2.45) is 0 Å². The number of phenols is 1. The van der Waals surface area contributed by atoms with Crippen LogP contribution >= 0.6 is 34.7 Å². The first-order valence-corrected chi connectivity index (χ1v) is 13.7. The Morgan fingerprint density at radius 1 is 1.00 bits per heavy atom. The fourth-order valence-corrected chi connectivity index (χ4v) is 5.32. The summed E-state index contributed by atoms with van der Waals surface area (Å²) in [6.07, 6.45) is -0.659. The third kappa shape index (κ3) is 6.22. The monoisotopic (exact) mass is 612 g/mol. The smallest absolute Gasteiger partial charge is 0.407 e. The third-order valence-electron chi connectivity index (χ3n) is 6.17. The van der Waals surface area contributed by atoms with Gasteiger partial charge in [-0.15, -0.1) is 0 Å². The number of ether oxygens (including phenoxy) is 2. The Hall–Kier alpha value is -4.32. The highest BCUT2D eigenvalue weighted by Crippen LogP contribution is 2.36. The van der Waals surface area contributed by atoms with Crippen LogP contribution in [0.4, 0.5) is 4.79 Å². The molecule has 41 heavy (non-hydrogen) atoms. The van der Waals surface area contributed by atoms with Gasteiger partial charge in [0, 0.05) is 23.5 Å². The number of aromatic hydroxyl groups is 1. The number of pyridine rings is 1. The third-order valence-corrected chi connectivity index (χ3v) is 7.69. The highest BCUT2D eigenvalue weighted by atomic mass is 35.5. The zero-order valence-electron chi connectivity index (χ0n) is 21.5. The molecular formula is C28H22Cl2N4O6S. The second kappa shape index (κ2) is 12.0. The van der Waals surface area contributed by atoms with E-state index >= 15 is 0 Å². The van der Waals surface area contributed by atoms with E-state index in [2.05, 4.69) is 10.3 Å². The van der Waals surface area contributed by atoms with Crippen molar-refractivity contribution in [3.05, 3.63) is 114 Å². The lowest BCUT2D eigenvalue weighted by molar-refractivity contribution is 0.138. The second-order valence-electron chi connectivity index (χ2n) is 8.85. The SMILES string of the molecule is COc1ccc(-n2sc(=O)n(Cc3ccc(CNC(=O)OCc4ccc5c(Cl)cc(Cl)c(O)c5n4)cc3)c2=O)cc1. The van der Waals surface area contributed by atoms with Crippen LogP contribution in [-0.2, 0) is 24.4 Å². The Kier molecular flexibility index (Phi) is 8.29. The molecule has 0 aliphatic heterocycles. The number of amides is 1. The first kappa shape index (κ1) is 28.2. The van der Waals surface area contributed by atoms with Crippen molar-refractivity contribution in [2.75, 3.05) is 7.11 Å². The Bertz CT molecular complexity index is 1850. The minimum atomic E-state index is -0.659. The number of carbonyl (C=O) groups excluding carboxylic acids is 1. The molecule has 2 aromatic heterocycles. The van der Waals surface area contributed by atoms with E-state index in [0.29, 0.717) is 27.5 Å². The maximum atomic E-state index is 12.9. The number of fused-ring (bicyclic) bond motifs is 1. The molecular weight excluding hydrogens is 591 g/mol. The fourth-order valence-electron chi connectivity index (χ4n) is 4.00. The van der Waals surface area contributed by atoms with Gasteiger partial charge < -0.3 is 19.9 Å². The van der Waals surface area contributed by atoms with E-state index in [0.717, 1.165) is 22.7 Å². The number of nitrogens with zero attached hydrogens (tertiary/aromatic N) is 3. The van der Waals surface area contributed by atoms with E-state index < -0.39 is 11.8 Å². The van der Waals surface area contributed by atoms with Gasteiger partial charge in [0.1, 0.15) is 17.9 Å². The molecule has 13 heteroatoms. The van der Waals surface area contributed by atoms with E-state index in [1.54, 1.807) is 67.8 Å². The van der Waals surface area contributed by atoms with Crippen LogP contribution in [0.15, 0.2) is 76.3 Å². The number of nitrogens with one attached hydrogen (secondary N) is 1. The molecule has 2 heterocycles.